The minimum absolute atomic E-state index is 0. The van der Waals surface area contributed by atoms with Crippen LogP contribution in [0.5, 0.6) is 11.5 Å². The normalized spacial score (nSPS) is 14.6. The Morgan fingerprint density at radius 3 is 2.66 bits per heavy atom. The fourth-order valence-corrected chi connectivity index (χ4v) is 3.11. The van der Waals surface area contributed by atoms with Crippen LogP contribution < -0.4 is 20.1 Å². The summed E-state index contributed by atoms with van der Waals surface area (Å²) in [5, 5.41) is 6.40. The van der Waals surface area contributed by atoms with Crippen LogP contribution in [0.15, 0.2) is 23.2 Å². The van der Waals surface area contributed by atoms with Crippen molar-refractivity contribution in [3.05, 3.63) is 23.8 Å². The quantitative estimate of drug-likeness (QED) is 0.194. The van der Waals surface area contributed by atoms with Crippen molar-refractivity contribution in [1.82, 2.24) is 10.6 Å². The van der Waals surface area contributed by atoms with Crippen LogP contribution in [0.25, 0.3) is 0 Å². The van der Waals surface area contributed by atoms with E-state index in [1.54, 1.807) is 12.1 Å². The third-order valence-corrected chi connectivity index (χ3v) is 4.50. The van der Waals surface area contributed by atoms with E-state index in [2.05, 4.69) is 20.4 Å². The number of methoxy groups -OCH3 is 1. The van der Waals surface area contributed by atoms with Gasteiger partial charge in [-0.15, -0.1) is 24.0 Å². The molecule has 0 aliphatic heterocycles. The lowest BCUT2D eigenvalue weighted by molar-refractivity contribution is -0.0504. The van der Waals surface area contributed by atoms with Crippen LogP contribution in [-0.4, -0.2) is 45.5 Å². The molecule has 0 radical (unpaired) electrons. The monoisotopic (exact) mass is 527 g/mol. The smallest absolute Gasteiger partial charge is 0.387 e. The van der Waals surface area contributed by atoms with E-state index in [1.807, 2.05) is 6.92 Å². The summed E-state index contributed by atoms with van der Waals surface area (Å²) in [6.45, 7) is 1.41. The van der Waals surface area contributed by atoms with E-state index in [-0.39, 0.29) is 36.3 Å². The second-order valence-electron chi connectivity index (χ2n) is 6.60. The highest BCUT2D eigenvalue weighted by Crippen LogP contribution is 2.26. The summed E-state index contributed by atoms with van der Waals surface area (Å²) in [5.41, 5.74) is 0.529. The predicted octanol–water partition coefficient (Wildman–Crippen LogP) is 4.32. The average Bonchev–Trinajstić information content (AvgIpc) is 3.19. The Hall–Kier alpha value is -1.36. The highest BCUT2D eigenvalue weighted by molar-refractivity contribution is 14.0. The molecule has 0 spiro atoms. The highest BCUT2D eigenvalue weighted by atomic mass is 127. The molecule has 0 unspecified atom stereocenters. The van der Waals surface area contributed by atoms with Crippen molar-refractivity contribution in [2.45, 2.75) is 58.3 Å². The maximum absolute atomic E-state index is 12.6. The largest absolute Gasteiger partial charge is 0.497 e. The molecular weight excluding hydrogens is 495 g/mol. The van der Waals surface area contributed by atoms with Crippen LogP contribution in [0.4, 0.5) is 8.78 Å². The molecule has 1 aliphatic rings. The molecule has 1 fully saturated rings. The van der Waals surface area contributed by atoms with E-state index in [4.69, 9.17) is 9.47 Å². The summed E-state index contributed by atoms with van der Waals surface area (Å²) < 4.78 is 40.9. The van der Waals surface area contributed by atoms with Crippen LogP contribution in [0.3, 0.4) is 0 Å². The molecule has 0 heterocycles. The standard InChI is InChI=1S/C20H31F2N3O3.HI/c1-3-23-20(24-11-6-12-27-16-7-4-5-8-16)25-14-15-13-17(26-2)9-10-18(15)28-19(21)22;/h9-10,13,16,19H,3-8,11-12,14H2,1-2H3,(H2,23,24,25);1H. The lowest BCUT2D eigenvalue weighted by Crippen LogP contribution is -2.38. The molecule has 1 saturated carbocycles. The molecule has 0 saturated heterocycles. The van der Waals surface area contributed by atoms with Crippen molar-refractivity contribution < 1.29 is 23.0 Å². The SMILES string of the molecule is CCNC(=NCc1cc(OC)ccc1OC(F)F)NCCCOC1CCCC1.I. The third-order valence-electron chi connectivity index (χ3n) is 4.50. The number of alkyl halides is 2. The fourth-order valence-electron chi connectivity index (χ4n) is 3.11. The van der Waals surface area contributed by atoms with Gasteiger partial charge in [-0.05, 0) is 44.4 Å². The van der Waals surface area contributed by atoms with Gasteiger partial charge >= 0.3 is 6.61 Å². The summed E-state index contributed by atoms with van der Waals surface area (Å²) >= 11 is 0. The second kappa shape index (κ2) is 14.6. The predicted molar refractivity (Wildman–Crippen MR) is 121 cm³/mol. The minimum atomic E-state index is -2.89. The molecule has 1 aliphatic carbocycles. The first kappa shape index (κ1) is 25.7. The van der Waals surface area contributed by atoms with E-state index in [9.17, 15) is 8.78 Å². The number of halogens is 3. The molecule has 9 heteroatoms. The van der Waals surface area contributed by atoms with Gasteiger partial charge in [-0.25, -0.2) is 4.99 Å². The molecule has 1 aromatic rings. The first-order valence-corrected chi connectivity index (χ1v) is 9.88. The van der Waals surface area contributed by atoms with E-state index >= 15 is 0 Å². The van der Waals surface area contributed by atoms with Crippen LogP contribution in [0.1, 0.15) is 44.6 Å². The first-order valence-electron chi connectivity index (χ1n) is 9.88. The number of hydrogen-bond acceptors (Lipinski definition) is 4. The Morgan fingerprint density at radius 1 is 1.24 bits per heavy atom. The van der Waals surface area contributed by atoms with Gasteiger partial charge in [-0.1, -0.05) is 12.8 Å². The highest BCUT2D eigenvalue weighted by Gasteiger charge is 2.14. The zero-order chi connectivity index (χ0) is 20.2. The van der Waals surface area contributed by atoms with Crippen molar-refractivity contribution in [2.24, 2.45) is 4.99 Å². The Bertz CT molecular complexity index is 615. The molecular formula is C20H32F2IN3O3. The van der Waals surface area contributed by atoms with Crippen LogP contribution in [-0.2, 0) is 11.3 Å². The zero-order valence-electron chi connectivity index (χ0n) is 17.1. The molecule has 0 amide bonds. The second-order valence-corrected chi connectivity index (χ2v) is 6.60. The van der Waals surface area contributed by atoms with Crippen molar-refractivity contribution in [1.29, 1.82) is 0 Å². The van der Waals surface area contributed by atoms with E-state index in [1.165, 1.54) is 38.9 Å². The van der Waals surface area contributed by atoms with Gasteiger partial charge in [0.1, 0.15) is 11.5 Å². The molecule has 2 rings (SSSR count). The summed E-state index contributed by atoms with van der Waals surface area (Å²) in [6, 6.07) is 4.70. The van der Waals surface area contributed by atoms with Gasteiger partial charge in [-0.2, -0.15) is 8.78 Å². The van der Waals surface area contributed by atoms with Gasteiger partial charge in [0.25, 0.3) is 0 Å². The lowest BCUT2D eigenvalue weighted by atomic mass is 10.2. The summed E-state index contributed by atoms with van der Waals surface area (Å²) in [4.78, 5) is 4.48. The van der Waals surface area contributed by atoms with Crippen molar-refractivity contribution in [3.8, 4) is 11.5 Å². The Balaban J connectivity index is 0.00000420. The number of aliphatic imine (C=N–C) groups is 1. The molecule has 29 heavy (non-hydrogen) atoms. The number of benzene rings is 1. The van der Waals surface area contributed by atoms with Gasteiger partial charge < -0.3 is 24.8 Å². The first-order chi connectivity index (χ1) is 13.6. The number of nitrogens with one attached hydrogen (secondary N) is 2. The van der Waals surface area contributed by atoms with Crippen molar-refractivity contribution in [3.63, 3.8) is 0 Å². The molecule has 2 N–H and O–H groups in total. The maximum Gasteiger partial charge on any atom is 0.387 e. The van der Waals surface area contributed by atoms with E-state index in [0.717, 1.165) is 19.6 Å². The summed E-state index contributed by atoms with van der Waals surface area (Å²) in [7, 11) is 1.52. The molecule has 0 bridgehead atoms. The lowest BCUT2D eigenvalue weighted by Gasteiger charge is -2.14. The fraction of sp³-hybridized carbons (Fsp3) is 0.650. The number of hydrogen-bond donors (Lipinski definition) is 2. The molecule has 0 aromatic heterocycles. The molecule has 166 valence electrons. The van der Waals surface area contributed by atoms with Crippen molar-refractivity contribution in [2.75, 3.05) is 26.8 Å². The Labute approximate surface area is 188 Å². The van der Waals surface area contributed by atoms with Crippen LogP contribution >= 0.6 is 24.0 Å². The Morgan fingerprint density at radius 2 is 2.00 bits per heavy atom. The third kappa shape index (κ3) is 9.79. The maximum atomic E-state index is 12.6. The van der Waals surface area contributed by atoms with Crippen LogP contribution in [0, 0.1) is 0 Å². The van der Waals surface area contributed by atoms with Crippen molar-refractivity contribution >= 4 is 29.9 Å². The van der Waals surface area contributed by atoms with Gasteiger partial charge in [0.05, 0.1) is 19.8 Å². The molecule has 0 atom stereocenters. The van der Waals surface area contributed by atoms with Gasteiger partial charge in [0, 0.05) is 25.3 Å². The minimum Gasteiger partial charge on any atom is -0.497 e. The Kier molecular flexibility index (Phi) is 12.9. The topological polar surface area (TPSA) is 64.1 Å². The molecule has 1 aromatic carbocycles. The van der Waals surface area contributed by atoms with E-state index < -0.39 is 6.61 Å². The number of ether oxygens (including phenoxy) is 3. The molecule has 6 nitrogen and oxygen atoms in total. The number of rotatable bonds is 11. The van der Waals surface area contributed by atoms with Gasteiger partial charge in [0.15, 0.2) is 5.96 Å². The van der Waals surface area contributed by atoms with Crippen LogP contribution in [0.2, 0.25) is 0 Å². The van der Waals surface area contributed by atoms with Gasteiger partial charge in [0.2, 0.25) is 0 Å². The van der Waals surface area contributed by atoms with Gasteiger partial charge in [-0.3, -0.25) is 0 Å². The number of guanidine groups is 1. The zero-order valence-corrected chi connectivity index (χ0v) is 19.4. The number of nitrogens with zero attached hydrogens (tertiary/aromatic N) is 1. The average molecular weight is 527 g/mol. The summed E-state index contributed by atoms with van der Waals surface area (Å²) in [6.07, 6.45) is 6.16. The summed E-state index contributed by atoms with van der Waals surface area (Å²) in [5.74, 6) is 1.28. The van der Waals surface area contributed by atoms with E-state index in [0.29, 0.717) is 29.9 Å².